The second-order valence-electron chi connectivity index (χ2n) is 20.3. The normalized spacial score (nSPS) is 34.5. The van der Waals surface area contributed by atoms with E-state index in [1.165, 1.54) is 37.7 Å². The van der Waals surface area contributed by atoms with Crippen LogP contribution in [0.25, 0.3) is 0 Å². The molecule has 0 amide bonds. The smallest absolute Gasteiger partial charge is 0.307 e. The van der Waals surface area contributed by atoms with Crippen LogP contribution in [0.1, 0.15) is 132 Å². The van der Waals surface area contributed by atoms with Crippen molar-refractivity contribution in [2.24, 2.45) is 56.7 Å². The number of allylic oxidation sites excluding steroid dienone is 2. The van der Waals surface area contributed by atoms with Crippen LogP contribution in [0.3, 0.4) is 0 Å². The molecule has 1 aromatic rings. The molecule has 4 fully saturated rings. The van der Waals surface area contributed by atoms with E-state index in [2.05, 4.69) is 70.4 Å². The quantitative estimate of drug-likeness (QED) is 0.158. The number of fused-ring (bicyclic) bond motifs is 7. The molecule has 0 saturated heterocycles. The highest BCUT2D eigenvalue weighted by Gasteiger charge is 2.66. The number of ether oxygens (including phenoxy) is 1. The van der Waals surface area contributed by atoms with Crippen LogP contribution in [0.2, 0.25) is 0 Å². The Morgan fingerprint density at radius 2 is 1.70 bits per heavy atom. The highest BCUT2D eigenvalue weighted by atomic mass is 16.5. The SMILES string of the molecule is CC(C)C1=C2C3CCC4C(C)(CCC5C(C)(C)C(OC(=O)CC(C)(C)C=O)CCC54C)C3CCC2(CCN(CCN(C)C)Cc2cocn2)CC1=O.CO. The van der Waals surface area contributed by atoms with Crippen molar-refractivity contribution in [3.8, 4) is 0 Å². The van der Waals surface area contributed by atoms with Crippen molar-refractivity contribution in [2.45, 2.75) is 139 Å². The van der Waals surface area contributed by atoms with Crippen LogP contribution in [0.5, 0.6) is 0 Å². The fraction of sp³-hybridized carbons (Fsp3) is 0.822. The van der Waals surface area contributed by atoms with Gasteiger partial charge >= 0.3 is 5.97 Å². The van der Waals surface area contributed by atoms with Crippen molar-refractivity contribution in [3.05, 3.63) is 29.5 Å². The summed E-state index contributed by atoms with van der Waals surface area (Å²) < 4.78 is 11.6. The van der Waals surface area contributed by atoms with Gasteiger partial charge in [-0.15, -0.1) is 0 Å². The van der Waals surface area contributed by atoms with Gasteiger partial charge in [-0.05, 0) is 124 Å². The number of carbonyl (C=O) groups excluding carboxylic acids is 3. The lowest BCUT2D eigenvalue weighted by atomic mass is 9.36. The monoisotopic (exact) mass is 752 g/mol. The number of aromatic nitrogens is 1. The molecular formula is C45H73N3O6. The molecule has 0 aliphatic heterocycles. The number of likely N-dealkylation sites (N-methyl/N-ethyl adjacent to an activating group) is 1. The van der Waals surface area contributed by atoms with Crippen molar-refractivity contribution in [2.75, 3.05) is 40.8 Å². The molecule has 1 heterocycles. The molecule has 1 aromatic heterocycles. The van der Waals surface area contributed by atoms with Gasteiger partial charge in [-0.25, -0.2) is 4.98 Å². The number of hydrogen-bond acceptors (Lipinski definition) is 9. The summed E-state index contributed by atoms with van der Waals surface area (Å²) in [7, 11) is 5.26. The fourth-order valence-electron chi connectivity index (χ4n) is 13.1. The zero-order chi connectivity index (χ0) is 39.9. The highest BCUT2D eigenvalue weighted by Crippen LogP contribution is 2.73. The van der Waals surface area contributed by atoms with Gasteiger partial charge in [0.25, 0.3) is 0 Å². The molecule has 4 saturated carbocycles. The van der Waals surface area contributed by atoms with Crippen LogP contribution < -0.4 is 0 Å². The largest absolute Gasteiger partial charge is 0.462 e. The maximum absolute atomic E-state index is 14.1. The summed E-state index contributed by atoms with van der Waals surface area (Å²) in [6, 6.07) is 0. The first-order chi connectivity index (χ1) is 25.4. The van der Waals surface area contributed by atoms with E-state index in [1.54, 1.807) is 25.7 Å². The summed E-state index contributed by atoms with van der Waals surface area (Å²) >= 11 is 0. The lowest BCUT2D eigenvalue weighted by Gasteiger charge is -2.69. The van der Waals surface area contributed by atoms with E-state index in [-0.39, 0.29) is 46.1 Å². The van der Waals surface area contributed by atoms with Gasteiger partial charge in [-0.2, -0.15) is 0 Å². The second kappa shape index (κ2) is 16.2. The third-order valence-corrected chi connectivity index (χ3v) is 15.5. The average molecular weight is 752 g/mol. The lowest BCUT2D eigenvalue weighted by Crippen LogP contribution is -2.63. The number of aliphatic hydroxyl groups excluding tert-OH is 1. The zero-order valence-electron chi connectivity index (χ0n) is 35.6. The summed E-state index contributed by atoms with van der Waals surface area (Å²) in [5.41, 5.74) is 3.23. The molecule has 0 aromatic carbocycles. The molecule has 8 unspecified atom stereocenters. The Kier molecular flexibility index (Phi) is 12.9. The highest BCUT2D eigenvalue weighted by molar-refractivity contribution is 6.00. The van der Waals surface area contributed by atoms with E-state index >= 15 is 0 Å². The standard InChI is InChI=1S/C44H69N3O5.CH4O/c1-29(2)38-33(49)23-44(19-20-47(22-21-46(9)10)25-30-26-51-28-45-30)18-13-32-31(39(38)44)11-12-35-42(32,7)16-14-34-41(5,6)36(15-17-43(34,35)8)52-37(50)24-40(3,4)27-48;1-2/h26-29,31-32,34-36H,11-25H2,1-10H3;2H,1H3. The van der Waals surface area contributed by atoms with Crippen molar-refractivity contribution < 1.29 is 28.6 Å². The minimum absolute atomic E-state index is 0.0370. The van der Waals surface area contributed by atoms with Crippen molar-refractivity contribution in [3.63, 3.8) is 0 Å². The molecule has 9 nitrogen and oxygen atoms in total. The molecule has 0 radical (unpaired) electrons. The average Bonchev–Trinajstić information content (AvgIpc) is 3.73. The van der Waals surface area contributed by atoms with Crippen LogP contribution in [-0.4, -0.2) is 84.9 Å². The third kappa shape index (κ3) is 7.94. The minimum Gasteiger partial charge on any atom is -0.462 e. The van der Waals surface area contributed by atoms with E-state index in [0.717, 1.165) is 77.4 Å². The Morgan fingerprint density at radius 3 is 2.33 bits per heavy atom. The predicted molar refractivity (Wildman–Crippen MR) is 212 cm³/mol. The number of hydrogen-bond donors (Lipinski definition) is 1. The molecule has 0 spiro atoms. The Bertz CT molecular complexity index is 1510. The molecule has 5 aliphatic carbocycles. The summed E-state index contributed by atoms with van der Waals surface area (Å²) in [6.45, 7) is 21.7. The molecular weight excluding hydrogens is 679 g/mol. The number of ketones is 1. The van der Waals surface area contributed by atoms with Crippen molar-refractivity contribution in [1.82, 2.24) is 14.8 Å². The topological polar surface area (TPSA) is 113 Å². The first kappa shape index (κ1) is 42.8. The van der Waals surface area contributed by atoms with Gasteiger partial charge in [0.15, 0.2) is 12.2 Å². The van der Waals surface area contributed by atoms with Crippen LogP contribution >= 0.6 is 0 Å². The third-order valence-electron chi connectivity index (χ3n) is 15.5. The number of oxazole rings is 1. The van der Waals surface area contributed by atoms with Gasteiger partial charge < -0.3 is 24.0 Å². The molecule has 5 aliphatic rings. The van der Waals surface area contributed by atoms with Gasteiger partial charge in [-0.1, -0.05) is 61.0 Å². The molecule has 54 heavy (non-hydrogen) atoms. The van der Waals surface area contributed by atoms with Crippen LogP contribution in [0, 0.1) is 56.7 Å². The lowest BCUT2D eigenvalue weighted by molar-refractivity contribution is -0.213. The van der Waals surface area contributed by atoms with E-state index in [0.29, 0.717) is 35.9 Å². The molecule has 9 heteroatoms. The molecule has 8 atom stereocenters. The van der Waals surface area contributed by atoms with Gasteiger partial charge in [0, 0.05) is 49.4 Å². The maximum Gasteiger partial charge on any atom is 0.307 e. The summed E-state index contributed by atoms with van der Waals surface area (Å²) in [6.07, 6.45) is 14.9. The number of rotatable bonds is 13. The first-order valence-electron chi connectivity index (χ1n) is 21.0. The molecule has 304 valence electrons. The number of esters is 1. The van der Waals surface area contributed by atoms with Crippen molar-refractivity contribution >= 4 is 18.0 Å². The van der Waals surface area contributed by atoms with Gasteiger partial charge in [0.2, 0.25) is 0 Å². The number of Topliss-reactive ketones (excluding diaryl/α,β-unsaturated/α-hetero) is 1. The van der Waals surface area contributed by atoms with Crippen molar-refractivity contribution in [1.29, 1.82) is 0 Å². The summed E-state index contributed by atoms with van der Waals surface area (Å²) in [4.78, 5) is 47.9. The maximum atomic E-state index is 14.1. The fourth-order valence-corrected chi connectivity index (χ4v) is 13.1. The Hall–Kier alpha value is -2.36. The van der Waals surface area contributed by atoms with E-state index in [1.807, 2.05) is 0 Å². The first-order valence-corrected chi connectivity index (χ1v) is 21.0. The molecule has 0 bridgehead atoms. The van der Waals surface area contributed by atoms with E-state index < -0.39 is 5.41 Å². The zero-order valence-corrected chi connectivity index (χ0v) is 35.6. The number of aliphatic hydroxyl groups is 1. The summed E-state index contributed by atoms with van der Waals surface area (Å²) in [5, 5.41) is 7.00. The molecule has 1 N–H and O–H groups in total. The Morgan fingerprint density at radius 1 is 1.00 bits per heavy atom. The Labute approximate surface area is 326 Å². The van der Waals surface area contributed by atoms with E-state index in [9.17, 15) is 14.4 Å². The number of carbonyl (C=O) groups is 3. The van der Waals surface area contributed by atoms with Gasteiger partial charge in [0.1, 0.15) is 18.7 Å². The summed E-state index contributed by atoms with van der Waals surface area (Å²) in [5.74, 6) is 2.58. The predicted octanol–water partition coefficient (Wildman–Crippen LogP) is 8.15. The van der Waals surface area contributed by atoms with E-state index in [4.69, 9.17) is 14.3 Å². The van der Waals surface area contributed by atoms with Gasteiger partial charge in [-0.3, -0.25) is 14.5 Å². The van der Waals surface area contributed by atoms with Gasteiger partial charge in [0.05, 0.1) is 12.1 Å². The minimum atomic E-state index is -0.703. The van der Waals surface area contributed by atoms with Crippen LogP contribution in [0.4, 0.5) is 0 Å². The van der Waals surface area contributed by atoms with Crippen LogP contribution in [0.15, 0.2) is 28.2 Å². The number of aldehydes is 1. The van der Waals surface area contributed by atoms with Crippen LogP contribution in [-0.2, 0) is 25.7 Å². The molecule has 6 rings (SSSR count). The number of nitrogens with zero attached hydrogens (tertiary/aromatic N) is 3. The Balaban J connectivity index is 0.00000276. The second-order valence-corrected chi connectivity index (χ2v) is 20.3.